The van der Waals surface area contributed by atoms with Crippen LogP contribution in [0.5, 0.6) is 0 Å². The third-order valence-corrected chi connectivity index (χ3v) is 6.65. The molecule has 0 unspecified atom stereocenters. The molecule has 0 aliphatic rings. The number of rotatable bonds is 10. The molecule has 4 aromatic rings. The fourth-order valence-corrected chi connectivity index (χ4v) is 4.67. The second-order valence-corrected chi connectivity index (χ2v) is 9.30. The molecular weight excluding hydrogens is 452 g/mol. The third-order valence-electron chi connectivity index (χ3n) is 4.13. The highest BCUT2D eigenvalue weighted by molar-refractivity contribution is 7.99. The zero-order chi connectivity index (χ0) is 21.5. The van der Waals surface area contributed by atoms with Gasteiger partial charge in [0.15, 0.2) is 0 Å². The molecule has 0 aliphatic carbocycles. The summed E-state index contributed by atoms with van der Waals surface area (Å²) in [6, 6.07) is 7.88. The summed E-state index contributed by atoms with van der Waals surface area (Å²) < 4.78 is 5.73. The number of thioether (sulfide) groups is 1. The zero-order valence-electron chi connectivity index (χ0n) is 16.7. The Bertz CT molecular complexity index is 1120. The highest BCUT2D eigenvalue weighted by atomic mass is 32.2. The van der Waals surface area contributed by atoms with Gasteiger partial charge < -0.3 is 9.32 Å². The van der Waals surface area contributed by atoms with Crippen LogP contribution < -0.4 is 0 Å². The predicted molar refractivity (Wildman–Crippen MR) is 124 cm³/mol. The Balaban J connectivity index is 1.32. The van der Waals surface area contributed by atoms with Crippen molar-refractivity contribution in [1.82, 2.24) is 30.3 Å². The van der Waals surface area contributed by atoms with Gasteiger partial charge in [-0.25, -0.2) is 4.98 Å². The lowest BCUT2D eigenvalue weighted by atomic mass is 10.4. The van der Waals surface area contributed by atoms with Crippen LogP contribution in [-0.4, -0.2) is 48.5 Å². The van der Waals surface area contributed by atoms with Gasteiger partial charge in [-0.2, -0.15) is 0 Å². The van der Waals surface area contributed by atoms with Crippen LogP contribution in [0.3, 0.4) is 0 Å². The number of aromatic nitrogens is 5. The maximum atomic E-state index is 12.8. The number of hydrogen-bond acceptors (Lipinski definition) is 9. The molecule has 0 aliphatic heterocycles. The molecule has 0 saturated carbocycles. The average molecular weight is 473 g/mol. The molecule has 0 bridgehead atoms. The summed E-state index contributed by atoms with van der Waals surface area (Å²) >= 11 is 4.48. The lowest BCUT2D eigenvalue weighted by molar-refractivity contribution is -0.129. The molecule has 4 aromatic heterocycles. The first kappa shape index (κ1) is 21.5. The van der Waals surface area contributed by atoms with E-state index in [0.29, 0.717) is 29.3 Å². The highest BCUT2D eigenvalue weighted by Gasteiger charge is 2.18. The van der Waals surface area contributed by atoms with E-state index < -0.39 is 0 Å². The lowest BCUT2D eigenvalue weighted by Crippen LogP contribution is -2.32. The van der Waals surface area contributed by atoms with E-state index in [4.69, 9.17) is 4.42 Å². The number of nitrogens with zero attached hydrogens (tertiary/aromatic N) is 5. The zero-order valence-corrected chi connectivity index (χ0v) is 19.2. The molecule has 0 spiro atoms. The Labute approximate surface area is 191 Å². The third kappa shape index (κ3) is 5.90. The Hall–Kier alpha value is -2.76. The van der Waals surface area contributed by atoms with E-state index in [0.717, 1.165) is 16.2 Å². The fraction of sp³-hybridized carbons (Fsp3) is 0.250. The average Bonchev–Trinajstić information content (AvgIpc) is 3.57. The normalized spacial score (nSPS) is 11.4. The van der Waals surface area contributed by atoms with Gasteiger partial charge in [-0.1, -0.05) is 30.8 Å². The number of amides is 1. The van der Waals surface area contributed by atoms with Gasteiger partial charge in [0.1, 0.15) is 5.82 Å². The number of carbonyl (C=O) groups excluding carboxylic acids is 1. The molecule has 0 aromatic carbocycles. The maximum absolute atomic E-state index is 12.8. The summed E-state index contributed by atoms with van der Waals surface area (Å²) in [4.78, 5) is 21.0. The first-order valence-electron chi connectivity index (χ1n) is 9.62. The SMILES string of the molecule is CCCN(Cc1nnc(-c2cccs2)o1)C(=O)CSc1n[nH]c(/C=C/c2cccs2)n1. The molecule has 31 heavy (non-hydrogen) atoms. The van der Waals surface area contributed by atoms with Gasteiger partial charge in [-0.15, -0.1) is 38.0 Å². The predicted octanol–water partition coefficient (Wildman–Crippen LogP) is 4.68. The number of hydrogen-bond donors (Lipinski definition) is 1. The van der Waals surface area contributed by atoms with Crippen LogP contribution in [0.25, 0.3) is 22.9 Å². The number of H-pyrrole nitrogens is 1. The topological polar surface area (TPSA) is 101 Å². The monoisotopic (exact) mass is 472 g/mol. The molecule has 1 amide bonds. The quantitative estimate of drug-likeness (QED) is 0.334. The second-order valence-electron chi connectivity index (χ2n) is 6.43. The molecule has 0 radical (unpaired) electrons. The van der Waals surface area contributed by atoms with Crippen LogP contribution in [0.1, 0.15) is 29.9 Å². The van der Waals surface area contributed by atoms with E-state index in [-0.39, 0.29) is 18.2 Å². The smallest absolute Gasteiger partial charge is 0.257 e. The molecule has 8 nitrogen and oxygen atoms in total. The van der Waals surface area contributed by atoms with Crippen molar-refractivity contribution in [2.24, 2.45) is 0 Å². The summed E-state index contributed by atoms with van der Waals surface area (Å²) in [6.07, 6.45) is 4.68. The Kier molecular flexibility index (Phi) is 7.28. The van der Waals surface area contributed by atoms with Gasteiger partial charge in [0.2, 0.25) is 17.0 Å². The first-order chi connectivity index (χ1) is 15.2. The van der Waals surface area contributed by atoms with Crippen molar-refractivity contribution in [2.75, 3.05) is 12.3 Å². The van der Waals surface area contributed by atoms with Crippen LogP contribution in [0.2, 0.25) is 0 Å². The van der Waals surface area contributed by atoms with Crippen molar-refractivity contribution in [2.45, 2.75) is 25.0 Å². The van der Waals surface area contributed by atoms with Gasteiger partial charge >= 0.3 is 0 Å². The Morgan fingerprint density at radius 2 is 2.10 bits per heavy atom. The molecule has 1 N–H and O–H groups in total. The molecule has 0 atom stereocenters. The largest absolute Gasteiger partial charge is 0.418 e. The summed E-state index contributed by atoms with van der Waals surface area (Å²) in [5, 5.41) is 19.7. The highest BCUT2D eigenvalue weighted by Crippen LogP contribution is 2.23. The number of thiophene rings is 2. The van der Waals surface area contributed by atoms with Crippen molar-refractivity contribution in [3.05, 3.63) is 51.6 Å². The van der Waals surface area contributed by atoms with Crippen LogP contribution in [-0.2, 0) is 11.3 Å². The van der Waals surface area contributed by atoms with Gasteiger partial charge in [0.25, 0.3) is 5.89 Å². The van der Waals surface area contributed by atoms with Crippen molar-refractivity contribution in [3.8, 4) is 10.8 Å². The maximum Gasteiger partial charge on any atom is 0.257 e. The van der Waals surface area contributed by atoms with E-state index in [2.05, 4.69) is 25.4 Å². The van der Waals surface area contributed by atoms with Crippen LogP contribution in [0, 0.1) is 0 Å². The molecule has 0 saturated heterocycles. The van der Waals surface area contributed by atoms with Crippen molar-refractivity contribution < 1.29 is 9.21 Å². The Morgan fingerprint density at radius 3 is 2.87 bits per heavy atom. The first-order valence-corrected chi connectivity index (χ1v) is 12.4. The van der Waals surface area contributed by atoms with Crippen LogP contribution >= 0.6 is 34.4 Å². The van der Waals surface area contributed by atoms with E-state index in [1.165, 1.54) is 23.1 Å². The summed E-state index contributed by atoms with van der Waals surface area (Å²) in [6.45, 7) is 2.92. The van der Waals surface area contributed by atoms with E-state index in [9.17, 15) is 4.79 Å². The molecule has 160 valence electrons. The van der Waals surface area contributed by atoms with Crippen molar-refractivity contribution in [3.63, 3.8) is 0 Å². The minimum Gasteiger partial charge on any atom is -0.418 e. The molecular formula is C20H20N6O2S3. The standard InChI is InChI=1S/C20H20N6O2S3/c1-2-9-26(12-17-23-24-19(28-17)15-6-4-11-30-15)18(27)13-31-20-21-16(22-25-20)8-7-14-5-3-10-29-14/h3-8,10-11H,2,9,12-13H2,1H3,(H,21,22,25)/b8-7+. The van der Waals surface area contributed by atoms with Crippen LogP contribution in [0.15, 0.2) is 44.6 Å². The summed E-state index contributed by atoms with van der Waals surface area (Å²) in [5.74, 6) is 1.77. The minimum atomic E-state index is -0.0248. The minimum absolute atomic E-state index is 0.0248. The number of nitrogens with one attached hydrogen (secondary N) is 1. The van der Waals surface area contributed by atoms with Gasteiger partial charge in [0.05, 0.1) is 17.2 Å². The Morgan fingerprint density at radius 1 is 1.23 bits per heavy atom. The summed E-state index contributed by atoms with van der Waals surface area (Å²) in [5.41, 5.74) is 0. The van der Waals surface area contributed by atoms with Gasteiger partial charge in [-0.3, -0.25) is 9.89 Å². The van der Waals surface area contributed by atoms with E-state index >= 15 is 0 Å². The van der Waals surface area contributed by atoms with Gasteiger partial charge in [0, 0.05) is 11.4 Å². The van der Waals surface area contributed by atoms with E-state index in [1.54, 1.807) is 16.2 Å². The fourth-order valence-electron chi connectivity index (χ4n) is 2.70. The van der Waals surface area contributed by atoms with Crippen LogP contribution in [0.4, 0.5) is 0 Å². The molecule has 11 heteroatoms. The summed E-state index contributed by atoms with van der Waals surface area (Å²) in [7, 11) is 0. The van der Waals surface area contributed by atoms with E-state index in [1.807, 2.05) is 54.1 Å². The number of aromatic amines is 1. The second kappa shape index (κ2) is 10.5. The number of carbonyl (C=O) groups is 1. The van der Waals surface area contributed by atoms with Crippen molar-refractivity contribution in [1.29, 1.82) is 0 Å². The molecule has 0 fully saturated rings. The van der Waals surface area contributed by atoms with Crippen molar-refractivity contribution >= 4 is 52.5 Å². The molecule has 4 heterocycles. The lowest BCUT2D eigenvalue weighted by Gasteiger charge is -2.19. The van der Waals surface area contributed by atoms with Gasteiger partial charge in [-0.05, 0) is 41.5 Å². The molecule has 4 rings (SSSR count).